The summed E-state index contributed by atoms with van der Waals surface area (Å²) in [5.74, 6) is 0.165. The third-order valence-electron chi connectivity index (χ3n) is 3.18. The van der Waals surface area contributed by atoms with Crippen LogP contribution in [0.2, 0.25) is 0 Å². The molecule has 0 saturated heterocycles. The summed E-state index contributed by atoms with van der Waals surface area (Å²) in [7, 11) is 1.61. The second kappa shape index (κ2) is 5.84. The summed E-state index contributed by atoms with van der Waals surface area (Å²) < 4.78 is 5.00. The van der Waals surface area contributed by atoms with Gasteiger partial charge in [0.05, 0.1) is 18.9 Å². The number of nitrogens with two attached hydrogens (primary N) is 1. The summed E-state index contributed by atoms with van der Waals surface area (Å²) in [6.07, 6.45) is 0.479. The molecular weight excluding hydrogens is 242 g/mol. The van der Waals surface area contributed by atoms with Crippen LogP contribution in [-0.4, -0.2) is 36.9 Å². The van der Waals surface area contributed by atoms with E-state index in [4.69, 9.17) is 10.5 Å². The zero-order valence-corrected chi connectivity index (χ0v) is 11.3. The minimum atomic E-state index is 0.0451. The van der Waals surface area contributed by atoms with Gasteiger partial charge in [0, 0.05) is 25.1 Å². The molecule has 19 heavy (non-hydrogen) atoms. The molecule has 0 saturated carbocycles. The summed E-state index contributed by atoms with van der Waals surface area (Å²) >= 11 is 0. The number of amides is 1. The number of nitrogen functional groups attached to an aromatic ring is 1. The average Bonchev–Trinajstić information content (AvgIpc) is 2.39. The Morgan fingerprint density at radius 3 is 2.74 bits per heavy atom. The molecule has 0 aliphatic carbocycles. The quantitative estimate of drug-likeness (QED) is 0.835. The number of hydrogen-bond donors (Lipinski definition) is 1. The molecule has 0 bridgehead atoms. The monoisotopic (exact) mass is 261 g/mol. The Morgan fingerprint density at radius 2 is 2.11 bits per heavy atom. The second-order valence-corrected chi connectivity index (χ2v) is 4.72. The van der Waals surface area contributed by atoms with E-state index >= 15 is 0 Å². The highest BCUT2D eigenvalue weighted by Crippen LogP contribution is 2.21. The van der Waals surface area contributed by atoms with Crippen molar-refractivity contribution < 1.29 is 9.53 Å². The van der Waals surface area contributed by atoms with Gasteiger partial charge in [0.2, 0.25) is 5.91 Å². The molecule has 1 amide bonds. The molecule has 1 aliphatic rings. The van der Waals surface area contributed by atoms with Crippen molar-refractivity contribution in [3.63, 3.8) is 0 Å². The Kier molecular flexibility index (Phi) is 4.16. The Hall–Kier alpha value is -1.88. The fourth-order valence-corrected chi connectivity index (χ4v) is 2.10. The van der Waals surface area contributed by atoms with Crippen LogP contribution >= 0.6 is 0 Å². The highest BCUT2D eigenvalue weighted by molar-refractivity contribution is 6.05. The van der Waals surface area contributed by atoms with Crippen molar-refractivity contribution in [3.05, 3.63) is 29.8 Å². The van der Waals surface area contributed by atoms with Crippen molar-refractivity contribution in [3.8, 4) is 0 Å². The van der Waals surface area contributed by atoms with Crippen molar-refractivity contribution in [2.45, 2.75) is 13.3 Å². The SMILES string of the molecule is COCCN1N=C(c2ccc(N)cc2)[C@@H](C)CC1=O. The number of nitrogens with zero attached hydrogens (tertiary/aromatic N) is 2. The molecule has 2 rings (SSSR count). The van der Waals surface area contributed by atoms with E-state index < -0.39 is 0 Å². The van der Waals surface area contributed by atoms with Crippen LogP contribution in [0.1, 0.15) is 18.9 Å². The van der Waals surface area contributed by atoms with Crippen molar-refractivity contribution in [1.82, 2.24) is 5.01 Å². The number of hydrazone groups is 1. The predicted molar refractivity (Wildman–Crippen MR) is 74.8 cm³/mol. The summed E-state index contributed by atoms with van der Waals surface area (Å²) in [5.41, 5.74) is 8.34. The minimum absolute atomic E-state index is 0.0451. The number of benzene rings is 1. The van der Waals surface area contributed by atoms with E-state index in [1.165, 1.54) is 5.01 Å². The van der Waals surface area contributed by atoms with Gasteiger partial charge in [-0.25, -0.2) is 5.01 Å². The maximum Gasteiger partial charge on any atom is 0.243 e. The van der Waals surface area contributed by atoms with Crippen LogP contribution in [0, 0.1) is 5.92 Å². The maximum atomic E-state index is 11.9. The topological polar surface area (TPSA) is 67.9 Å². The molecule has 1 aromatic rings. The van der Waals surface area contributed by atoms with Gasteiger partial charge in [-0.15, -0.1) is 0 Å². The first-order valence-corrected chi connectivity index (χ1v) is 6.35. The molecule has 1 aliphatic heterocycles. The molecule has 1 aromatic carbocycles. The molecule has 1 atom stereocenters. The molecule has 5 heteroatoms. The molecule has 2 N–H and O–H groups in total. The number of ether oxygens (including phenoxy) is 1. The Balaban J connectivity index is 2.25. The minimum Gasteiger partial charge on any atom is -0.399 e. The van der Waals surface area contributed by atoms with E-state index in [1.807, 2.05) is 31.2 Å². The van der Waals surface area contributed by atoms with Crippen LogP contribution in [0.3, 0.4) is 0 Å². The Bertz CT molecular complexity index is 482. The number of hydrogen-bond acceptors (Lipinski definition) is 4. The largest absolute Gasteiger partial charge is 0.399 e. The molecule has 0 radical (unpaired) electrons. The Morgan fingerprint density at radius 1 is 1.42 bits per heavy atom. The average molecular weight is 261 g/mol. The molecular formula is C14H19N3O2. The van der Waals surface area contributed by atoms with Crippen LogP contribution in [0.25, 0.3) is 0 Å². The summed E-state index contributed by atoms with van der Waals surface area (Å²) in [5, 5.41) is 5.96. The number of carbonyl (C=O) groups excluding carboxylic acids is 1. The lowest BCUT2D eigenvalue weighted by Gasteiger charge is -2.27. The lowest BCUT2D eigenvalue weighted by molar-refractivity contribution is -0.133. The lowest BCUT2D eigenvalue weighted by Crippen LogP contribution is -2.38. The van der Waals surface area contributed by atoms with E-state index in [2.05, 4.69) is 5.10 Å². The summed E-state index contributed by atoms with van der Waals surface area (Å²) in [6.45, 7) is 2.99. The Labute approximate surface area is 113 Å². The van der Waals surface area contributed by atoms with Gasteiger partial charge < -0.3 is 10.5 Å². The number of carbonyl (C=O) groups is 1. The maximum absolute atomic E-state index is 11.9. The van der Waals surface area contributed by atoms with Crippen LogP contribution < -0.4 is 5.73 Å². The van der Waals surface area contributed by atoms with Gasteiger partial charge in [0.25, 0.3) is 0 Å². The van der Waals surface area contributed by atoms with Gasteiger partial charge in [0.15, 0.2) is 0 Å². The van der Waals surface area contributed by atoms with E-state index in [-0.39, 0.29) is 11.8 Å². The van der Waals surface area contributed by atoms with E-state index in [9.17, 15) is 4.79 Å². The first-order chi connectivity index (χ1) is 9.11. The van der Waals surface area contributed by atoms with Gasteiger partial charge in [-0.05, 0) is 17.7 Å². The van der Waals surface area contributed by atoms with E-state index in [1.54, 1.807) is 7.11 Å². The third-order valence-corrected chi connectivity index (χ3v) is 3.18. The standard InChI is InChI=1S/C14H19N3O2/c1-10-9-13(18)17(7-8-19-2)16-14(10)11-3-5-12(15)6-4-11/h3-6,10H,7-9,15H2,1-2H3/t10-/m0/s1. The fraction of sp³-hybridized carbons (Fsp3) is 0.429. The highest BCUT2D eigenvalue weighted by Gasteiger charge is 2.26. The molecule has 102 valence electrons. The molecule has 0 spiro atoms. The molecule has 0 fully saturated rings. The fourth-order valence-electron chi connectivity index (χ4n) is 2.10. The second-order valence-electron chi connectivity index (χ2n) is 4.72. The third kappa shape index (κ3) is 3.12. The van der Waals surface area contributed by atoms with Gasteiger partial charge in [-0.3, -0.25) is 4.79 Å². The summed E-state index contributed by atoms with van der Waals surface area (Å²) in [6, 6.07) is 7.57. The number of rotatable bonds is 4. The van der Waals surface area contributed by atoms with Crippen molar-refractivity contribution in [2.24, 2.45) is 11.0 Å². The normalized spacial score (nSPS) is 19.5. The molecule has 5 nitrogen and oxygen atoms in total. The lowest BCUT2D eigenvalue weighted by atomic mass is 9.93. The van der Waals surface area contributed by atoms with Crippen molar-refractivity contribution in [2.75, 3.05) is 26.0 Å². The predicted octanol–water partition coefficient (Wildman–Crippen LogP) is 1.49. The van der Waals surface area contributed by atoms with Crippen LogP contribution in [0.4, 0.5) is 5.69 Å². The first-order valence-electron chi connectivity index (χ1n) is 6.35. The zero-order chi connectivity index (χ0) is 13.8. The van der Waals surface area contributed by atoms with Crippen LogP contribution in [0.5, 0.6) is 0 Å². The first kappa shape index (κ1) is 13.5. The van der Waals surface area contributed by atoms with Crippen LogP contribution in [0.15, 0.2) is 29.4 Å². The number of methoxy groups -OCH3 is 1. The van der Waals surface area contributed by atoms with Gasteiger partial charge in [-0.1, -0.05) is 19.1 Å². The zero-order valence-electron chi connectivity index (χ0n) is 11.3. The molecule has 0 unspecified atom stereocenters. The molecule has 0 aromatic heterocycles. The van der Waals surface area contributed by atoms with Crippen LogP contribution in [-0.2, 0) is 9.53 Å². The molecule has 1 heterocycles. The summed E-state index contributed by atoms with van der Waals surface area (Å²) in [4.78, 5) is 11.9. The smallest absolute Gasteiger partial charge is 0.243 e. The van der Waals surface area contributed by atoms with Gasteiger partial charge in [-0.2, -0.15) is 5.10 Å². The van der Waals surface area contributed by atoms with E-state index in [0.29, 0.717) is 19.6 Å². The number of anilines is 1. The van der Waals surface area contributed by atoms with Crippen molar-refractivity contribution in [1.29, 1.82) is 0 Å². The van der Waals surface area contributed by atoms with Gasteiger partial charge in [0.1, 0.15) is 0 Å². The highest BCUT2D eigenvalue weighted by atomic mass is 16.5. The van der Waals surface area contributed by atoms with Crippen molar-refractivity contribution >= 4 is 17.3 Å². The van der Waals surface area contributed by atoms with E-state index in [0.717, 1.165) is 17.0 Å². The van der Waals surface area contributed by atoms with Gasteiger partial charge >= 0.3 is 0 Å².